The highest BCUT2D eigenvalue weighted by Crippen LogP contribution is 2.31. The van der Waals surface area contributed by atoms with Crippen molar-refractivity contribution in [3.05, 3.63) is 34.9 Å². The summed E-state index contributed by atoms with van der Waals surface area (Å²) < 4.78 is 0. The lowest BCUT2D eigenvalue weighted by molar-refractivity contribution is -0.131. The Morgan fingerprint density at radius 1 is 1.35 bits per heavy atom. The molecule has 1 N–H and O–H groups in total. The Morgan fingerprint density at radius 3 is 2.65 bits per heavy atom. The van der Waals surface area contributed by atoms with Gasteiger partial charge in [-0.1, -0.05) is 37.1 Å². The summed E-state index contributed by atoms with van der Waals surface area (Å²) in [7, 11) is 0. The third kappa shape index (κ3) is 2.73. The van der Waals surface area contributed by atoms with Crippen molar-refractivity contribution < 1.29 is 4.79 Å². The highest BCUT2D eigenvalue weighted by Gasteiger charge is 2.39. The molecule has 3 heteroatoms. The molecule has 3 atom stereocenters. The van der Waals surface area contributed by atoms with Crippen LogP contribution in [0.2, 0.25) is 0 Å². The molecule has 110 valence electrons. The Hall–Kier alpha value is -1.35. The van der Waals surface area contributed by atoms with Gasteiger partial charge in [-0.25, -0.2) is 0 Å². The molecule has 20 heavy (non-hydrogen) atoms. The van der Waals surface area contributed by atoms with E-state index in [1.165, 1.54) is 16.7 Å². The Morgan fingerprint density at radius 2 is 2.05 bits per heavy atom. The predicted molar refractivity (Wildman–Crippen MR) is 82.5 cm³/mol. The third-order valence-electron chi connectivity index (χ3n) is 4.21. The second-order valence-corrected chi connectivity index (χ2v) is 6.03. The van der Waals surface area contributed by atoms with Crippen molar-refractivity contribution in [1.29, 1.82) is 0 Å². The van der Waals surface area contributed by atoms with Crippen molar-refractivity contribution in [3.8, 4) is 0 Å². The van der Waals surface area contributed by atoms with Crippen LogP contribution in [-0.2, 0) is 4.79 Å². The first-order valence-electron chi connectivity index (χ1n) is 7.61. The lowest BCUT2D eigenvalue weighted by atomic mass is 10.0. The molecule has 1 aliphatic heterocycles. The summed E-state index contributed by atoms with van der Waals surface area (Å²) >= 11 is 0. The number of carbonyl (C=O) groups is 1. The van der Waals surface area contributed by atoms with Crippen molar-refractivity contribution >= 4 is 5.91 Å². The third-order valence-corrected chi connectivity index (χ3v) is 4.21. The van der Waals surface area contributed by atoms with Gasteiger partial charge in [-0.15, -0.1) is 0 Å². The monoisotopic (exact) mass is 274 g/mol. The standard InChI is InChI=1S/C17H26N2O/c1-6-7-13(4)19-16(18-14(5)17(19)20)15-9-8-11(2)10-12(15)3/h8-10,13-14,16,18H,6-7H2,1-5H3. The first kappa shape index (κ1) is 15.0. The van der Waals surface area contributed by atoms with Crippen molar-refractivity contribution in [3.63, 3.8) is 0 Å². The zero-order chi connectivity index (χ0) is 14.9. The number of benzene rings is 1. The van der Waals surface area contributed by atoms with E-state index >= 15 is 0 Å². The molecule has 0 bridgehead atoms. The van der Waals surface area contributed by atoms with Crippen LogP contribution in [0.5, 0.6) is 0 Å². The van der Waals surface area contributed by atoms with Crippen LogP contribution < -0.4 is 5.32 Å². The fraction of sp³-hybridized carbons (Fsp3) is 0.588. The topological polar surface area (TPSA) is 32.3 Å². The van der Waals surface area contributed by atoms with Gasteiger partial charge in [-0.05, 0) is 45.2 Å². The molecule has 0 saturated carbocycles. The van der Waals surface area contributed by atoms with Crippen LogP contribution in [0.1, 0.15) is 56.5 Å². The minimum atomic E-state index is -0.0972. The molecule has 0 aromatic heterocycles. The highest BCUT2D eigenvalue weighted by molar-refractivity contribution is 5.84. The van der Waals surface area contributed by atoms with Gasteiger partial charge in [0.2, 0.25) is 5.91 Å². The van der Waals surface area contributed by atoms with E-state index in [0.717, 1.165) is 12.8 Å². The fourth-order valence-electron chi connectivity index (χ4n) is 3.14. The summed E-state index contributed by atoms with van der Waals surface area (Å²) in [6.07, 6.45) is 2.15. The maximum Gasteiger partial charge on any atom is 0.241 e. The Balaban J connectivity index is 2.35. The van der Waals surface area contributed by atoms with E-state index in [-0.39, 0.29) is 24.2 Å². The first-order valence-corrected chi connectivity index (χ1v) is 7.61. The Bertz CT molecular complexity index is 498. The van der Waals surface area contributed by atoms with E-state index in [0.29, 0.717) is 0 Å². The largest absolute Gasteiger partial charge is 0.319 e. The molecule has 3 unspecified atom stereocenters. The van der Waals surface area contributed by atoms with Crippen molar-refractivity contribution in [2.45, 2.75) is 65.7 Å². The number of amides is 1. The van der Waals surface area contributed by atoms with Crippen LogP contribution in [0, 0.1) is 13.8 Å². The van der Waals surface area contributed by atoms with Crippen LogP contribution >= 0.6 is 0 Å². The molecule has 1 amide bonds. The number of nitrogens with zero attached hydrogens (tertiary/aromatic N) is 1. The maximum absolute atomic E-state index is 12.4. The number of rotatable bonds is 4. The van der Waals surface area contributed by atoms with Crippen LogP contribution in [0.4, 0.5) is 0 Å². The molecule has 3 nitrogen and oxygen atoms in total. The maximum atomic E-state index is 12.4. The molecular weight excluding hydrogens is 248 g/mol. The summed E-state index contributed by atoms with van der Waals surface area (Å²) in [6, 6.07) is 6.64. The van der Waals surface area contributed by atoms with Crippen LogP contribution in [0.25, 0.3) is 0 Å². The van der Waals surface area contributed by atoms with Crippen LogP contribution in [0.15, 0.2) is 18.2 Å². The predicted octanol–water partition coefficient (Wildman–Crippen LogP) is 3.31. The minimum Gasteiger partial charge on any atom is -0.319 e. The zero-order valence-electron chi connectivity index (χ0n) is 13.2. The van der Waals surface area contributed by atoms with E-state index < -0.39 is 0 Å². The lowest BCUT2D eigenvalue weighted by Gasteiger charge is -2.31. The van der Waals surface area contributed by atoms with Crippen molar-refractivity contribution in [2.24, 2.45) is 0 Å². The number of nitrogens with one attached hydrogen (secondary N) is 1. The van der Waals surface area contributed by atoms with E-state index in [1.807, 2.05) is 11.8 Å². The molecule has 2 rings (SSSR count). The minimum absolute atomic E-state index is 0.0136. The average Bonchev–Trinajstić information content (AvgIpc) is 2.66. The molecule has 1 saturated heterocycles. The fourth-order valence-corrected chi connectivity index (χ4v) is 3.14. The van der Waals surface area contributed by atoms with Crippen molar-refractivity contribution in [2.75, 3.05) is 0 Å². The van der Waals surface area contributed by atoms with Crippen molar-refractivity contribution in [1.82, 2.24) is 10.2 Å². The van der Waals surface area contributed by atoms with E-state index in [1.54, 1.807) is 0 Å². The first-order chi connectivity index (χ1) is 9.45. The number of carbonyl (C=O) groups excluding carboxylic acids is 1. The number of hydrogen-bond donors (Lipinski definition) is 1. The quantitative estimate of drug-likeness (QED) is 0.913. The smallest absolute Gasteiger partial charge is 0.241 e. The average molecular weight is 274 g/mol. The van der Waals surface area contributed by atoms with Gasteiger partial charge in [0.1, 0.15) is 6.17 Å². The van der Waals surface area contributed by atoms with Gasteiger partial charge in [0.05, 0.1) is 6.04 Å². The van der Waals surface area contributed by atoms with Crippen LogP contribution in [0.3, 0.4) is 0 Å². The second kappa shape index (κ2) is 5.96. The van der Waals surface area contributed by atoms with Gasteiger partial charge < -0.3 is 4.90 Å². The van der Waals surface area contributed by atoms with E-state index in [9.17, 15) is 4.79 Å². The lowest BCUT2D eigenvalue weighted by Crippen LogP contribution is -2.38. The molecule has 1 heterocycles. The molecule has 1 aromatic carbocycles. The summed E-state index contributed by atoms with van der Waals surface area (Å²) in [6.45, 7) is 10.5. The number of hydrogen-bond acceptors (Lipinski definition) is 2. The molecule has 0 radical (unpaired) electrons. The normalized spacial score (nSPS) is 24.2. The van der Waals surface area contributed by atoms with Gasteiger partial charge in [0.25, 0.3) is 0 Å². The molecule has 1 aliphatic rings. The molecule has 1 fully saturated rings. The summed E-state index contributed by atoms with van der Waals surface area (Å²) in [5.74, 6) is 0.218. The SMILES string of the molecule is CCCC(C)N1C(=O)C(C)NC1c1ccc(C)cc1C. The van der Waals surface area contributed by atoms with Gasteiger partial charge in [0.15, 0.2) is 0 Å². The second-order valence-electron chi connectivity index (χ2n) is 6.03. The summed E-state index contributed by atoms with van der Waals surface area (Å²) in [4.78, 5) is 14.5. The van der Waals surface area contributed by atoms with Gasteiger partial charge in [-0.3, -0.25) is 10.1 Å². The Kier molecular flexibility index (Phi) is 4.48. The highest BCUT2D eigenvalue weighted by atomic mass is 16.2. The zero-order valence-corrected chi connectivity index (χ0v) is 13.2. The summed E-state index contributed by atoms with van der Waals surface area (Å²) in [5, 5.41) is 3.45. The molecule has 0 spiro atoms. The molecule has 1 aromatic rings. The van der Waals surface area contributed by atoms with Gasteiger partial charge in [0, 0.05) is 6.04 Å². The molecular formula is C17H26N2O. The van der Waals surface area contributed by atoms with Gasteiger partial charge >= 0.3 is 0 Å². The Labute approximate surface area is 122 Å². The van der Waals surface area contributed by atoms with E-state index in [4.69, 9.17) is 0 Å². The number of aryl methyl sites for hydroxylation is 2. The van der Waals surface area contributed by atoms with E-state index in [2.05, 4.69) is 51.2 Å². The summed E-state index contributed by atoms with van der Waals surface area (Å²) in [5.41, 5.74) is 3.73. The van der Waals surface area contributed by atoms with Crippen LogP contribution in [-0.4, -0.2) is 22.9 Å². The van der Waals surface area contributed by atoms with Gasteiger partial charge in [-0.2, -0.15) is 0 Å². The molecule has 0 aliphatic carbocycles.